The van der Waals surface area contributed by atoms with Crippen LogP contribution in [0.4, 0.5) is 5.00 Å². The molecule has 1 aromatic carbocycles. The number of rotatable bonds is 5. The van der Waals surface area contributed by atoms with Crippen LogP contribution in [0.15, 0.2) is 29.4 Å². The minimum absolute atomic E-state index is 0.171. The van der Waals surface area contributed by atoms with Crippen LogP contribution in [0.5, 0.6) is 0 Å². The van der Waals surface area contributed by atoms with Crippen LogP contribution >= 0.6 is 34.4 Å². The third-order valence-corrected chi connectivity index (χ3v) is 8.51. The summed E-state index contributed by atoms with van der Waals surface area (Å²) in [6.07, 6.45) is 2.80. The second-order valence-corrected chi connectivity index (χ2v) is 10.6. The molecule has 0 radical (unpaired) electrons. The molecular weight excluding hydrogens is 452 g/mol. The van der Waals surface area contributed by atoms with E-state index in [1.165, 1.54) is 35.1 Å². The van der Waals surface area contributed by atoms with Gasteiger partial charge < -0.3 is 10.1 Å². The fraction of sp³-hybridized carbons (Fsp3) is 0.333. The summed E-state index contributed by atoms with van der Waals surface area (Å²) in [5.41, 5.74) is 2.58. The number of para-hydroxylation sites is 1. The number of carbonyl (C=O) groups excluding carboxylic acids is 2. The summed E-state index contributed by atoms with van der Waals surface area (Å²) in [6, 6.07) is 8.03. The lowest BCUT2D eigenvalue weighted by molar-refractivity contribution is -0.113. The third kappa shape index (κ3) is 3.72. The Morgan fingerprint density at radius 3 is 2.97 bits per heavy atom. The Morgan fingerprint density at radius 1 is 1.29 bits per heavy atom. The van der Waals surface area contributed by atoms with Crippen molar-refractivity contribution in [2.75, 3.05) is 18.2 Å². The standard InChI is InChI=1S/C21H20N4O3S3/c1-11-7-8-12-15(9-11)30-18(17(12)19(27)28-2)22-16(26)10-29-20-23-24-21-25(20)13-5-3-4-6-14(13)31-21/h3-6,11H,7-10H2,1-2H3,(H,22,26). The van der Waals surface area contributed by atoms with E-state index in [1.807, 2.05) is 28.7 Å². The number of fused-ring (bicyclic) bond motifs is 4. The number of esters is 1. The van der Waals surface area contributed by atoms with E-state index in [0.717, 1.165) is 40.0 Å². The second kappa shape index (κ2) is 8.25. The first kappa shape index (κ1) is 20.5. The lowest BCUT2D eigenvalue weighted by atomic mass is 9.88. The quantitative estimate of drug-likeness (QED) is 0.336. The van der Waals surface area contributed by atoms with E-state index in [2.05, 4.69) is 22.4 Å². The fourth-order valence-electron chi connectivity index (χ4n) is 3.90. The van der Waals surface area contributed by atoms with Crippen molar-refractivity contribution in [3.63, 3.8) is 0 Å². The maximum absolute atomic E-state index is 12.8. The number of ether oxygens (including phenoxy) is 1. The Labute approximate surface area is 190 Å². The third-order valence-electron chi connectivity index (χ3n) is 5.40. The molecule has 1 atom stereocenters. The zero-order valence-electron chi connectivity index (χ0n) is 17.0. The molecule has 0 saturated carbocycles. The highest BCUT2D eigenvalue weighted by Crippen LogP contribution is 2.40. The van der Waals surface area contributed by atoms with Crippen molar-refractivity contribution >= 4 is 66.5 Å². The maximum Gasteiger partial charge on any atom is 0.341 e. The summed E-state index contributed by atoms with van der Waals surface area (Å²) in [7, 11) is 1.38. The maximum atomic E-state index is 12.8. The van der Waals surface area contributed by atoms with E-state index in [1.54, 1.807) is 11.3 Å². The summed E-state index contributed by atoms with van der Waals surface area (Å²) in [5, 5.41) is 12.7. The van der Waals surface area contributed by atoms with Gasteiger partial charge in [-0.05, 0) is 42.9 Å². The molecule has 1 aliphatic rings. The first-order valence-electron chi connectivity index (χ1n) is 9.93. The second-order valence-electron chi connectivity index (χ2n) is 7.55. The van der Waals surface area contributed by atoms with E-state index in [0.29, 0.717) is 21.6 Å². The van der Waals surface area contributed by atoms with Crippen molar-refractivity contribution in [1.82, 2.24) is 14.6 Å². The molecule has 3 aromatic heterocycles. The van der Waals surface area contributed by atoms with Crippen LogP contribution in [-0.4, -0.2) is 39.3 Å². The van der Waals surface area contributed by atoms with E-state index >= 15 is 0 Å². The van der Waals surface area contributed by atoms with Crippen molar-refractivity contribution in [3.05, 3.63) is 40.3 Å². The van der Waals surface area contributed by atoms with E-state index in [9.17, 15) is 9.59 Å². The predicted octanol–water partition coefficient (Wildman–Crippen LogP) is 4.65. The number of carbonyl (C=O) groups is 2. The Bertz CT molecular complexity index is 1310. The lowest BCUT2D eigenvalue weighted by Crippen LogP contribution is -2.17. The molecule has 160 valence electrons. The number of anilines is 1. The number of thiazole rings is 1. The average Bonchev–Trinajstić information content (AvgIpc) is 3.42. The molecule has 10 heteroatoms. The predicted molar refractivity (Wildman–Crippen MR) is 125 cm³/mol. The number of aromatic nitrogens is 3. The molecule has 31 heavy (non-hydrogen) atoms. The molecule has 7 nitrogen and oxygen atoms in total. The number of methoxy groups -OCH3 is 1. The van der Waals surface area contributed by atoms with Crippen molar-refractivity contribution < 1.29 is 14.3 Å². The average molecular weight is 473 g/mol. The monoisotopic (exact) mass is 472 g/mol. The van der Waals surface area contributed by atoms with Gasteiger partial charge in [-0.15, -0.1) is 21.5 Å². The highest BCUT2D eigenvalue weighted by molar-refractivity contribution is 7.99. The lowest BCUT2D eigenvalue weighted by Gasteiger charge is -2.18. The first-order valence-corrected chi connectivity index (χ1v) is 12.5. The first-order chi connectivity index (χ1) is 15.0. The highest BCUT2D eigenvalue weighted by Gasteiger charge is 2.29. The van der Waals surface area contributed by atoms with Gasteiger partial charge in [-0.3, -0.25) is 9.20 Å². The van der Waals surface area contributed by atoms with E-state index < -0.39 is 0 Å². The van der Waals surface area contributed by atoms with Crippen LogP contribution in [0.1, 0.15) is 34.1 Å². The van der Waals surface area contributed by atoms with Crippen LogP contribution in [0.2, 0.25) is 0 Å². The summed E-state index contributed by atoms with van der Waals surface area (Å²) in [4.78, 5) is 27.2. The van der Waals surface area contributed by atoms with Gasteiger partial charge in [0.05, 0.1) is 28.6 Å². The van der Waals surface area contributed by atoms with Gasteiger partial charge in [0.15, 0.2) is 5.16 Å². The molecule has 0 fully saturated rings. The van der Waals surface area contributed by atoms with E-state index in [-0.39, 0.29) is 17.6 Å². The SMILES string of the molecule is COC(=O)c1c(NC(=O)CSc2nnc3sc4ccccc4n23)sc2c1CCC(C)C2. The van der Waals surface area contributed by atoms with Gasteiger partial charge in [0.25, 0.3) is 0 Å². The molecule has 1 unspecified atom stereocenters. The molecule has 1 amide bonds. The minimum atomic E-state index is -0.390. The van der Waals surface area contributed by atoms with Crippen LogP contribution in [0, 0.1) is 5.92 Å². The smallest absolute Gasteiger partial charge is 0.341 e. The molecule has 1 aliphatic carbocycles. The van der Waals surface area contributed by atoms with Gasteiger partial charge in [-0.2, -0.15) is 0 Å². The van der Waals surface area contributed by atoms with Gasteiger partial charge in [-0.1, -0.05) is 42.2 Å². The molecule has 0 aliphatic heterocycles. The molecule has 5 rings (SSSR count). The van der Waals surface area contributed by atoms with Crippen molar-refractivity contribution in [2.24, 2.45) is 5.92 Å². The van der Waals surface area contributed by atoms with Crippen LogP contribution in [0.25, 0.3) is 15.2 Å². The van der Waals surface area contributed by atoms with Crippen molar-refractivity contribution in [3.8, 4) is 0 Å². The summed E-state index contributed by atoms with van der Waals surface area (Å²) in [5.74, 6) is 0.174. The zero-order chi connectivity index (χ0) is 21.5. The molecular formula is C21H20N4O3S3. The van der Waals surface area contributed by atoms with Crippen LogP contribution in [0.3, 0.4) is 0 Å². The van der Waals surface area contributed by atoms with Crippen LogP contribution in [-0.2, 0) is 22.4 Å². The van der Waals surface area contributed by atoms with Crippen LogP contribution < -0.4 is 5.32 Å². The molecule has 3 heterocycles. The molecule has 4 aromatic rings. The Hall–Kier alpha value is -2.43. The van der Waals surface area contributed by atoms with Crippen molar-refractivity contribution in [2.45, 2.75) is 31.3 Å². The number of benzene rings is 1. The molecule has 0 bridgehead atoms. The minimum Gasteiger partial charge on any atom is -0.465 e. The Kier molecular flexibility index (Phi) is 5.45. The normalized spacial score (nSPS) is 15.9. The Morgan fingerprint density at radius 2 is 2.13 bits per heavy atom. The highest BCUT2D eigenvalue weighted by atomic mass is 32.2. The van der Waals surface area contributed by atoms with E-state index in [4.69, 9.17) is 4.74 Å². The fourth-order valence-corrected chi connectivity index (χ4v) is 7.08. The number of amides is 1. The number of hydrogen-bond acceptors (Lipinski definition) is 8. The van der Waals surface area contributed by atoms with Crippen molar-refractivity contribution in [1.29, 1.82) is 0 Å². The summed E-state index contributed by atoms with van der Waals surface area (Å²) < 4.78 is 8.10. The topological polar surface area (TPSA) is 85.6 Å². The summed E-state index contributed by atoms with van der Waals surface area (Å²) >= 11 is 4.39. The number of nitrogens with one attached hydrogen (secondary N) is 1. The largest absolute Gasteiger partial charge is 0.465 e. The number of thiophene rings is 1. The molecule has 0 spiro atoms. The molecule has 1 N–H and O–H groups in total. The zero-order valence-corrected chi connectivity index (χ0v) is 19.5. The van der Waals surface area contributed by atoms with Gasteiger partial charge in [0.2, 0.25) is 10.9 Å². The van der Waals surface area contributed by atoms with Gasteiger partial charge in [-0.25, -0.2) is 4.79 Å². The van der Waals surface area contributed by atoms with Gasteiger partial charge >= 0.3 is 5.97 Å². The number of hydrogen-bond donors (Lipinski definition) is 1. The number of nitrogens with zero attached hydrogens (tertiary/aromatic N) is 3. The van der Waals surface area contributed by atoms with Gasteiger partial charge in [0, 0.05) is 4.88 Å². The molecule has 0 saturated heterocycles. The summed E-state index contributed by atoms with van der Waals surface area (Å²) in [6.45, 7) is 2.21. The van der Waals surface area contributed by atoms with Gasteiger partial charge in [0.1, 0.15) is 5.00 Å². The number of thioether (sulfide) groups is 1. The Balaban J connectivity index is 1.36.